The van der Waals surface area contributed by atoms with Crippen molar-refractivity contribution in [3.05, 3.63) is 59.7 Å². The lowest BCUT2D eigenvalue weighted by molar-refractivity contribution is -0.121. The first-order valence-electron chi connectivity index (χ1n) is 11.6. The predicted octanol–water partition coefficient (Wildman–Crippen LogP) is 3.66. The van der Waals surface area contributed by atoms with Gasteiger partial charge in [0.25, 0.3) is 5.91 Å². The van der Waals surface area contributed by atoms with Gasteiger partial charge in [0.1, 0.15) is 11.4 Å². The zero-order chi connectivity index (χ0) is 23.4. The Labute approximate surface area is 194 Å². The van der Waals surface area contributed by atoms with Crippen molar-refractivity contribution in [3.8, 4) is 5.75 Å². The number of para-hydroxylation sites is 1. The van der Waals surface area contributed by atoms with Gasteiger partial charge in [0, 0.05) is 25.9 Å². The van der Waals surface area contributed by atoms with E-state index >= 15 is 0 Å². The highest BCUT2D eigenvalue weighted by atomic mass is 16.5. The van der Waals surface area contributed by atoms with Crippen LogP contribution < -0.4 is 15.0 Å². The van der Waals surface area contributed by atoms with Crippen LogP contribution in [0.1, 0.15) is 54.9 Å². The van der Waals surface area contributed by atoms with E-state index in [0.29, 0.717) is 56.6 Å². The van der Waals surface area contributed by atoms with E-state index in [4.69, 9.17) is 4.74 Å². The minimum atomic E-state index is -0.674. The van der Waals surface area contributed by atoms with Gasteiger partial charge in [0.2, 0.25) is 11.8 Å². The van der Waals surface area contributed by atoms with E-state index in [9.17, 15) is 14.4 Å². The molecule has 0 spiro atoms. The van der Waals surface area contributed by atoms with Crippen LogP contribution in [-0.2, 0) is 9.59 Å². The Balaban J connectivity index is 1.25. The largest absolute Gasteiger partial charge is 0.494 e. The Kier molecular flexibility index (Phi) is 6.67. The average Bonchev–Trinajstić information content (AvgIpc) is 3.11. The van der Waals surface area contributed by atoms with Gasteiger partial charge in [-0.1, -0.05) is 24.3 Å². The van der Waals surface area contributed by atoms with Crippen LogP contribution in [0.2, 0.25) is 0 Å². The lowest BCUT2D eigenvalue weighted by Gasteiger charge is -2.48. The fraction of sp³-hybridized carbons (Fsp3) is 0.423. The standard InChI is InChI=1S/C26H31N3O4/c1-19-8-5-9-20(18-19)33-17-7-15-27-23(30)12-6-16-28-25(32)21-10-3-4-11-22(21)29-24(31)13-14-26(28,29)2/h3-5,8-11,18H,6-7,12-17H2,1-2H3,(H,27,30). The van der Waals surface area contributed by atoms with Gasteiger partial charge in [-0.05, 0) is 62.9 Å². The van der Waals surface area contributed by atoms with E-state index in [1.165, 1.54) is 0 Å². The molecule has 174 valence electrons. The summed E-state index contributed by atoms with van der Waals surface area (Å²) in [5.41, 5.74) is 1.71. The molecule has 2 aromatic carbocycles. The molecule has 2 aromatic rings. The van der Waals surface area contributed by atoms with Crippen molar-refractivity contribution in [1.82, 2.24) is 10.2 Å². The third-order valence-corrected chi connectivity index (χ3v) is 6.43. The maximum atomic E-state index is 13.2. The fourth-order valence-corrected chi connectivity index (χ4v) is 4.72. The van der Waals surface area contributed by atoms with Gasteiger partial charge in [-0.25, -0.2) is 0 Å². The summed E-state index contributed by atoms with van der Waals surface area (Å²) >= 11 is 0. The van der Waals surface area contributed by atoms with E-state index in [-0.39, 0.29) is 17.7 Å². The van der Waals surface area contributed by atoms with Gasteiger partial charge in [0.15, 0.2) is 0 Å². The molecule has 4 rings (SSSR count). The van der Waals surface area contributed by atoms with Crippen LogP contribution in [0.4, 0.5) is 5.69 Å². The van der Waals surface area contributed by atoms with Gasteiger partial charge < -0.3 is 15.0 Å². The second-order valence-corrected chi connectivity index (χ2v) is 8.89. The first-order chi connectivity index (χ1) is 15.9. The smallest absolute Gasteiger partial charge is 0.257 e. The van der Waals surface area contributed by atoms with E-state index in [2.05, 4.69) is 5.32 Å². The number of fused-ring (bicyclic) bond motifs is 3. The van der Waals surface area contributed by atoms with Crippen molar-refractivity contribution in [2.24, 2.45) is 0 Å². The summed E-state index contributed by atoms with van der Waals surface area (Å²) < 4.78 is 5.70. The van der Waals surface area contributed by atoms with Crippen molar-refractivity contribution in [3.63, 3.8) is 0 Å². The highest BCUT2D eigenvalue weighted by Crippen LogP contribution is 2.43. The lowest BCUT2D eigenvalue weighted by Crippen LogP contribution is -2.62. The summed E-state index contributed by atoms with van der Waals surface area (Å²) in [6.07, 6.45) is 2.60. The molecule has 0 bridgehead atoms. The number of hydrogen-bond acceptors (Lipinski definition) is 4. The van der Waals surface area contributed by atoms with Gasteiger partial charge in [-0.3, -0.25) is 19.3 Å². The number of carbonyl (C=O) groups is 3. The number of nitrogens with zero attached hydrogens (tertiary/aromatic N) is 2. The minimum Gasteiger partial charge on any atom is -0.494 e. The molecule has 1 atom stereocenters. The Bertz CT molecular complexity index is 1050. The van der Waals surface area contributed by atoms with E-state index in [1.54, 1.807) is 15.9 Å². The third kappa shape index (κ3) is 4.72. The fourth-order valence-electron chi connectivity index (χ4n) is 4.72. The topological polar surface area (TPSA) is 79.0 Å². The zero-order valence-corrected chi connectivity index (χ0v) is 19.3. The summed E-state index contributed by atoms with van der Waals surface area (Å²) in [7, 11) is 0. The predicted molar refractivity (Wildman–Crippen MR) is 126 cm³/mol. The number of benzene rings is 2. The molecule has 7 nitrogen and oxygen atoms in total. The normalized spacial score (nSPS) is 19.3. The SMILES string of the molecule is Cc1cccc(OCCCNC(=O)CCCN2C(=O)c3ccccc3N3C(=O)CCC23C)c1. The molecule has 1 N–H and O–H groups in total. The quantitative estimate of drug-likeness (QED) is 0.593. The number of amides is 3. The van der Waals surface area contributed by atoms with Crippen LogP contribution in [0.5, 0.6) is 5.75 Å². The first-order valence-corrected chi connectivity index (χ1v) is 11.6. The molecule has 33 heavy (non-hydrogen) atoms. The number of hydrogen-bond donors (Lipinski definition) is 1. The highest BCUT2D eigenvalue weighted by Gasteiger charge is 2.52. The minimum absolute atomic E-state index is 0.0353. The van der Waals surface area contributed by atoms with Crippen LogP contribution in [0, 0.1) is 6.92 Å². The summed E-state index contributed by atoms with van der Waals surface area (Å²) in [5.74, 6) is 0.753. The van der Waals surface area contributed by atoms with E-state index < -0.39 is 5.66 Å². The number of nitrogens with one attached hydrogen (secondary N) is 1. The second kappa shape index (κ2) is 9.65. The maximum Gasteiger partial charge on any atom is 0.257 e. The van der Waals surface area contributed by atoms with Crippen molar-refractivity contribution < 1.29 is 19.1 Å². The second-order valence-electron chi connectivity index (χ2n) is 8.89. The van der Waals surface area contributed by atoms with Crippen LogP contribution in [0.25, 0.3) is 0 Å². The number of ether oxygens (including phenoxy) is 1. The lowest BCUT2D eigenvalue weighted by atomic mass is 9.98. The zero-order valence-electron chi connectivity index (χ0n) is 19.3. The first kappa shape index (κ1) is 22.8. The summed E-state index contributed by atoms with van der Waals surface area (Å²) in [4.78, 5) is 41.6. The molecule has 1 unspecified atom stereocenters. The molecule has 0 radical (unpaired) electrons. The van der Waals surface area contributed by atoms with Gasteiger partial charge >= 0.3 is 0 Å². The molecule has 7 heteroatoms. The van der Waals surface area contributed by atoms with Gasteiger partial charge in [0.05, 0.1) is 17.9 Å². The van der Waals surface area contributed by atoms with Crippen molar-refractivity contribution in [2.75, 3.05) is 24.6 Å². The third-order valence-electron chi connectivity index (χ3n) is 6.43. The molecular formula is C26H31N3O4. The molecule has 0 aromatic heterocycles. The molecular weight excluding hydrogens is 418 g/mol. The van der Waals surface area contributed by atoms with Crippen LogP contribution in [-0.4, -0.2) is 48.0 Å². The summed E-state index contributed by atoms with van der Waals surface area (Å²) in [6, 6.07) is 15.1. The van der Waals surface area contributed by atoms with Crippen LogP contribution >= 0.6 is 0 Å². The van der Waals surface area contributed by atoms with Crippen LogP contribution in [0.15, 0.2) is 48.5 Å². The monoisotopic (exact) mass is 449 g/mol. The van der Waals surface area contributed by atoms with Gasteiger partial charge in [-0.2, -0.15) is 0 Å². The van der Waals surface area contributed by atoms with Crippen molar-refractivity contribution in [1.29, 1.82) is 0 Å². The number of anilines is 1. The summed E-state index contributed by atoms with van der Waals surface area (Å²) in [5, 5.41) is 2.92. The Hall–Kier alpha value is -3.35. The molecule has 2 aliphatic rings. The molecule has 1 saturated heterocycles. The Morgan fingerprint density at radius 3 is 2.76 bits per heavy atom. The Morgan fingerprint density at radius 1 is 1.12 bits per heavy atom. The molecule has 1 fully saturated rings. The van der Waals surface area contributed by atoms with Crippen molar-refractivity contribution in [2.45, 2.75) is 51.6 Å². The van der Waals surface area contributed by atoms with Crippen molar-refractivity contribution >= 4 is 23.4 Å². The number of aryl methyl sites for hydroxylation is 1. The number of carbonyl (C=O) groups excluding carboxylic acids is 3. The molecule has 0 aliphatic carbocycles. The van der Waals surface area contributed by atoms with Gasteiger partial charge in [-0.15, -0.1) is 0 Å². The highest BCUT2D eigenvalue weighted by molar-refractivity contribution is 6.10. The molecule has 2 aliphatic heterocycles. The molecule has 2 heterocycles. The summed E-state index contributed by atoms with van der Waals surface area (Å²) in [6.45, 7) is 5.47. The Morgan fingerprint density at radius 2 is 1.94 bits per heavy atom. The maximum absolute atomic E-state index is 13.2. The van der Waals surface area contributed by atoms with E-state index in [1.807, 2.05) is 56.3 Å². The number of rotatable bonds is 9. The average molecular weight is 450 g/mol. The van der Waals surface area contributed by atoms with E-state index in [0.717, 1.165) is 17.7 Å². The molecule has 3 amide bonds. The molecule has 0 saturated carbocycles. The van der Waals surface area contributed by atoms with Crippen LogP contribution in [0.3, 0.4) is 0 Å².